The highest BCUT2D eigenvalue weighted by Gasteiger charge is 2.30. The molecule has 0 aromatic carbocycles. The van der Waals surface area contributed by atoms with Crippen LogP contribution < -0.4 is 11.2 Å². The quantitative estimate of drug-likeness (QED) is 0.708. The Morgan fingerprint density at radius 1 is 1.26 bits per heavy atom. The largest absolute Gasteiger partial charge is 0.466 e. The van der Waals surface area contributed by atoms with E-state index in [0.717, 1.165) is 4.57 Å². The standard InChI is InChI=1S/C18H23N3O5S/c1-3-20-16(23)15-13(7-9-27-15)21(18(20)25)11-14(22)19-8-5-6-12(10-19)17(24)26-4-2/h7,9,12H,3-6,8,10-11H2,1-2H3/t12-/m0/s1. The number of carbonyl (C=O) groups is 2. The molecular weight excluding hydrogens is 370 g/mol. The van der Waals surface area contributed by atoms with Gasteiger partial charge in [0.2, 0.25) is 5.91 Å². The van der Waals surface area contributed by atoms with Crippen molar-refractivity contribution in [2.24, 2.45) is 5.92 Å². The molecule has 1 saturated heterocycles. The predicted octanol–water partition coefficient (Wildman–Crippen LogP) is 1.05. The molecule has 146 valence electrons. The molecule has 0 aliphatic carbocycles. The molecule has 2 aromatic heterocycles. The van der Waals surface area contributed by atoms with Crippen LogP contribution in [0.25, 0.3) is 10.2 Å². The van der Waals surface area contributed by atoms with E-state index in [1.807, 2.05) is 0 Å². The third kappa shape index (κ3) is 3.69. The van der Waals surface area contributed by atoms with Gasteiger partial charge in [0, 0.05) is 19.6 Å². The summed E-state index contributed by atoms with van der Waals surface area (Å²) >= 11 is 1.26. The van der Waals surface area contributed by atoms with E-state index < -0.39 is 5.69 Å². The van der Waals surface area contributed by atoms with Crippen LogP contribution in [0.2, 0.25) is 0 Å². The smallest absolute Gasteiger partial charge is 0.331 e. The lowest BCUT2D eigenvalue weighted by Crippen LogP contribution is -2.46. The van der Waals surface area contributed by atoms with Crippen LogP contribution in [-0.4, -0.2) is 45.6 Å². The molecule has 9 heteroatoms. The molecule has 1 amide bonds. The Kier molecular flexibility index (Phi) is 5.79. The molecule has 3 heterocycles. The highest BCUT2D eigenvalue weighted by molar-refractivity contribution is 7.17. The Labute approximate surface area is 160 Å². The Morgan fingerprint density at radius 3 is 2.74 bits per heavy atom. The molecule has 0 radical (unpaired) electrons. The zero-order valence-corrected chi connectivity index (χ0v) is 16.3. The number of carbonyl (C=O) groups excluding carboxylic acids is 2. The lowest BCUT2D eigenvalue weighted by molar-refractivity contribution is -0.151. The minimum atomic E-state index is -0.485. The Morgan fingerprint density at radius 2 is 2.04 bits per heavy atom. The van der Waals surface area contributed by atoms with Crippen molar-refractivity contribution in [2.45, 2.75) is 39.8 Å². The summed E-state index contributed by atoms with van der Waals surface area (Å²) in [6.07, 6.45) is 1.41. The van der Waals surface area contributed by atoms with Crippen LogP contribution in [0.3, 0.4) is 0 Å². The number of fused-ring (bicyclic) bond motifs is 1. The van der Waals surface area contributed by atoms with Gasteiger partial charge < -0.3 is 9.64 Å². The molecule has 0 saturated carbocycles. The molecule has 8 nitrogen and oxygen atoms in total. The zero-order valence-electron chi connectivity index (χ0n) is 15.5. The first-order valence-electron chi connectivity index (χ1n) is 9.13. The number of hydrogen-bond donors (Lipinski definition) is 0. The van der Waals surface area contributed by atoms with E-state index in [2.05, 4.69) is 0 Å². The number of rotatable bonds is 5. The summed E-state index contributed by atoms with van der Waals surface area (Å²) in [4.78, 5) is 51.5. The van der Waals surface area contributed by atoms with Crippen molar-refractivity contribution in [3.05, 3.63) is 32.3 Å². The van der Waals surface area contributed by atoms with Crippen LogP contribution in [0.1, 0.15) is 26.7 Å². The first-order chi connectivity index (χ1) is 13.0. The van der Waals surface area contributed by atoms with Crippen molar-refractivity contribution in [1.29, 1.82) is 0 Å². The predicted molar refractivity (Wildman–Crippen MR) is 102 cm³/mol. The number of aromatic nitrogens is 2. The number of likely N-dealkylation sites (tertiary alicyclic amines) is 1. The average Bonchev–Trinajstić information content (AvgIpc) is 3.16. The van der Waals surface area contributed by atoms with E-state index in [1.54, 1.807) is 30.2 Å². The molecule has 2 aromatic rings. The summed E-state index contributed by atoms with van der Waals surface area (Å²) in [5.41, 5.74) is -0.329. The number of nitrogens with zero attached hydrogens (tertiary/aromatic N) is 3. The van der Waals surface area contributed by atoms with Crippen molar-refractivity contribution >= 4 is 33.4 Å². The second-order valence-electron chi connectivity index (χ2n) is 6.48. The maximum absolute atomic E-state index is 12.8. The fourth-order valence-corrected chi connectivity index (χ4v) is 4.30. The van der Waals surface area contributed by atoms with Gasteiger partial charge in [-0.1, -0.05) is 0 Å². The normalized spacial score (nSPS) is 17.3. The Bertz CT molecular complexity index is 974. The van der Waals surface area contributed by atoms with Gasteiger partial charge in [0.25, 0.3) is 5.56 Å². The van der Waals surface area contributed by atoms with E-state index in [0.29, 0.717) is 42.8 Å². The van der Waals surface area contributed by atoms with Gasteiger partial charge in [-0.3, -0.25) is 23.5 Å². The van der Waals surface area contributed by atoms with Crippen molar-refractivity contribution in [3.8, 4) is 0 Å². The van der Waals surface area contributed by atoms with Gasteiger partial charge in [-0.25, -0.2) is 4.79 Å². The van der Waals surface area contributed by atoms with E-state index in [-0.39, 0.29) is 36.4 Å². The molecule has 0 unspecified atom stereocenters. The van der Waals surface area contributed by atoms with Gasteiger partial charge >= 0.3 is 11.7 Å². The number of piperidine rings is 1. The van der Waals surface area contributed by atoms with Crippen LogP contribution in [0.5, 0.6) is 0 Å². The second kappa shape index (κ2) is 8.08. The van der Waals surface area contributed by atoms with Crippen molar-refractivity contribution in [3.63, 3.8) is 0 Å². The van der Waals surface area contributed by atoms with E-state index >= 15 is 0 Å². The number of amides is 1. The highest BCUT2D eigenvalue weighted by atomic mass is 32.1. The monoisotopic (exact) mass is 393 g/mol. The minimum absolute atomic E-state index is 0.151. The van der Waals surface area contributed by atoms with Crippen LogP contribution in [0.4, 0.5) is 0 Å². The lowest BCUT2D eigenvalue weighted by atomic mass is 9.98. The first-order valence-corrected chi connectivity index (χ1v) is 10.0. The maximum Gasteiger partial charge on any atom is 0.331 e. The van der Waals surface area contributed by atoms with Gasteiger partial charge in [-0.05, 0) is 38.1 Å². The zero-order chi connectivity index (χ0) is 19.6. The number of thiophene rings is 1. The topological polar surface area (TPSA) is 90.6 Å². The van der Waals surface area contributed by atoms with Crippen LogP contribution >= 0.6 is 11.3 Å². The van der Waals surface area contributed by atoms with Gasteiger partial charge in [0.15, 0.2) is 0 Å². The molecule has 1 aliphatic heterocycles. The molecule has 3 rings (SSSR count). The van der Waals surface area contributed by atoms with Crippen molar-refractivity contribution in [1.82, 2.24) is 14.0 Å². The molecular formula is C18H23N3O5S. The molecule has 1 fully saturated rings. The average molecular weight is 393 g/mol. The third-order valence-electron chi connectivity index (χ3n) is 4.84. The number of esters is 1. The van der Waals surface area contributed by atoms with E-state index in [9.17, 15) is 19.2 Å². The second-order valence-corrected chi connectivity index (χ2v) is 7.40. The van der Waals surface area contributed by atoms with E-state index in [1.165, 1.54) is 15.9 Å². The highest BCUT2D eigenvalue weighted by Crippen LogP contribution is 2.19. The summed E-state index contributed by atoms with van der Waals surface area (Å²) < 4.78 is 8.03. The number of hydrogen-bond acceptors (Lipinski definition) is 6. The maximum atomic E-state index is 12.8. The van der Waals surface area contributed by atoms with Crippen LogP contribution in [0.15, 0.2) is 21.0 Å². The van der Waals surface area contributed by atoms with Crippen molar-refractivity contribution in [2.75, 3.05) is 19.7 Å². The van der Waals surface area contributed by atoms with Gasteiger partial charge in [0.05, 0.1) is 18.0 Å². The summed E-state index contributed by atoms with van der Waals surface area (Å²) in [6, 6.07) is 1.69. The Balaban J connectivity index is 1.86. The summed E-state index contributed by atoms with van der Waals surface area (Å²) in [5, 5.41) is 1.74. The van der Waals surface area contributed by atoms with Gasteiger partial charge in [-0.15, -0.1) is 11.3 Å². The Hall–Kier alpha value is -2.42. The lowest BCUT2D eigenvalue weighted by Gasteiger charge is -2.31. The molecule has 0 bridgehead atoms. The minimum Gasteiger partial charge on any atom is -0.466 e. The molecule has 1 atom stereocenters. The SMILES string of the molecule is CCOC(=O)[C@H]1CCCN(C(=O)Cn2c(=O)n(CC)c(=O)c3sccc32)C1. The molecule has 0 N–H and O–H groups in total. The van der Waals surface area contributed by atoms with Crippen molar-refractivity contribution < 1.29 is 14.3 Å². The van der Waals surface area contributed by atoms with Gasteiger partial charge in [-0.2, -0.15) is 0 Å². The fraction of sp³-hybridized carbons (Fsp3) is 0.556. The van der Waals surface area contributed by atoms with Crippen LogP contribution in [-0.2, 0) is 27.4 Å². The summed E-state index contributed by atoms with van der Waals surface area (Å²) in [6.45, 7) is 4.73. The third-order valence-corrected chi connectivity index (χ3v) is 5.73. The molecule has 1 aliphatic rings. The molecule has 27 heavy (non-hydrogen) atoms. The van der Waals surface area contributed by atoms with Gasteiger partial charge in [0.1, 0.15) is 11.2 Å². The first kappa shape index (κ1) is 19.3. The van der Waals surface area contributed by atoms with E-state index in [4.69, 9.17) is 4.74 Å². The molecule has 0 spiro atoms. The summed E-state index contributed by atoms with van der Waals surface area (Å²) in [7, 11) is 0. The summed E-state index contributed by atoms with van der Waals surface area (Å²) in [5.74, 6) is -0.850. The number of ether oxygens (including phenoxy) is 1. The fourth-order valence-electron chi connectivity index (χ4n) is 3.46. The van der Waals surface area contributed by atoms with Crippen LogP contribution in [0, 0.1) is 5.92 Å².